The van der Waals surface area contributed by atoms with Gasteiger partial charge in [-0.15, -0.1) is 0 Å². The summed E-state index contributed by atoms with van der Waals surface area (Å²) in [5, 5.41) is 0.243. The Morgan fingerprint density at radius 3 is 2.19 bits per heavy atom. The van der Waals surface area contributed by atoms with Gasteiger partial charge < -0.3 is 14.2 Å². The van der Waals surface area contributed by atoms with Crippen LogP contribution in [0.1, 0.15) is 26.3 Å². The van der Waals surface area contributed by atoms with Crippen molar-refractivity contribution >= 4 is 19.7 Å². The highest BCUT2D eigenvalue weighted by Crippen LogP contribution is 2.37. The van der Waals surface area contributed by atoms with Crippen LogP contribution in [0, 0.1) is 0 Å². The average molecular weight is 384 g/mol. The normalized spacial score (nSPS) is 15.9. The fourth-order valence-electron chi connectivity index (χ4n) is 3.09. The smallest absolute Gasteiger partial charge is 0.192 e. The maximum atomic E-state index is 6.40. The molecular weight excluding hydrogens is 350 g/mol. The fourth-order valence-corrected chi connectivity index (χ4v) is 4.05. The molecule has 0 amide bonds. The highest BCUT2D eigenvalue weighted by atomic mass is 28.4. The summed E-state index contributed by atoms with van der Waals surface area (Å²) in [7, 11) is -1.72. The Morgan fingerprint density at radius 2 is 1.59 bits per heavy atom. The number of rotatable bonds is 5. The minimum Gasteiger partial charge on any atom is -0.413 e. The van der Waals surface area contributed by atoms with E-state index in [1.165, 1.54) is 16.9 Å². The molecule has 27 heavy (non-hydrogen) atoms. The zero-order valence-electron chi connectivity index (χ0n) is 17.4. The van der Waals surface area contributed by atoms with Crippen LogP contribution in [0.15, 0.2) is 48.8 Å². The van der Waals surface area contributed by atoms with E-state index < -0.39 is 8.32 Å². The Hall–Kier alpha value is -1.85. The van der Waals surface area contributed by atoms with E-state index in [1.807, 2.05) is 18.5 Å². The van der Waals surface area contributed by atoms with Gasteiger partial charge in [0.25, 0.3) is 0 Å². The van der Waals surface area contributed by atoms with Crippen LogP contribution < -0.4 is 9.80 Å². The molecule has 5 heteroatoms. The third-order valence-corrected chi connectivity index (χ3v) is 10.5. The summed E-state index contributed by atoms with van der Waals surface area (Å²) in [6, 6.07) is 13.0. The summed E-state index contributed by atoms with van der Waals surface area (Å²) in [5.41, 5.74) is 3.79. The maximum Gasteiger partial charge on any atom is 0.192 e. The summed E-state index contributed by atoms with van der Waals surface area (Å²) in [6.45, 7) is 16.3. The van der Waals surface area contributed by atoms with Crippen LogP contribution in [-0.4, -0.2) is 39.5 Å². The Labute approximate surface area is 165 Å². The minimum absolute atomic E-state index is 0.243. The molecule has 1 aliphatic rings. The average Bonchev–Trinajstić information content (AvgIpc) is 2.67. The first kappa shape index (κ1) is 19.9. The number of aromatic nitrogens is 1. The van der Waals surface area contributed by atoms with Gasteiger partial charge in [0.05, 0.1) is 18.5 Å². The number of nitrogens with zero attached hydrogens (tertiary/aromatic N) is 3. The molecule has 3 rings (SSSR count). The van der Waals surface area contributed by atoms with Gasteiger partial charge in [0.15, 0.2) is 8.32 Å². The summed E-state index contributed by atoms with van der Waals surface area (Å²) >= 11 is 0. The highest BCUT2D eigenvalue weighted by molar-refractivity contribution is 6.74. The van der Waals surface area contributed by atoms with Gasteiger partial charge in [-0.2, -0.15) is 0 Å². The molecular formula is C22H33N3OSi. The number of pyridine rings is 1. The Kier molecular flexibility index (Phi) is 5.91. The number of hydrogen-bond acceptors (Lipinski definition) is 4. The lowest BCUT2D eigenvalue weighted by Crippen LogP contribution is -2.46. The number of piperazine rings is 1. The molecule has 0 radical (unpaired) electrons. The molecule has 1 saturated heterocycles. The van der Waals surface area contributed by atoms with Crippen LogP contribution in [0.3, 0.4) is 0 Å². The van der Waals surface area contributed by atoms with E-state index in [4.69, 9.17) is 4.43 Å². The summed E-state index contributed by atoms with van der Waals surface area (Å²) < 4.78 is 6.40. The van der Waals surface area contributed by atoms with E-state index in [0.717, 1.165) is 26.2 Å². The Morgan fingerprint density at radius 1 is 0.963 bits per heavy atom. The zero-order valence-corrected chi connectivity index (χ0v) is 18.4. The second kappa shape index (κ2) is 8.03. The molecule has 0 saturated carbocycles. The summed E-state index contributed by atoms with van der Waals surface area (Å²) in [4.78, 5) is 9.13. The van der Waals surface area contributed by atoms with E-state index in [9.17, 15) is 0 Å². The van der Waals surface area contributed by atoms with Crippen LogP contribution in [0.5, 0.6) is 0 Å². The first-order valence-electron chi connectivity index (χ1n) is 9.89. The molecule has 0 bridgehead atoms. The topological polar surface area (TPSA) is 28.6 Å². The van der Waals surface area contributed by atoms with Crippen molar-refractivity contribution in [3.05, 3.63) is 54.4 Å². The number of benzene rings is 1. The standard InChI is InChI=1S/C22H33N3OSi/c1-22(2,3)27(4,5)26-18-19-8-6-9-20(16-19)24-12-14-25(15-13-24)21-10-7-11-23-17-21/h6-11,16-17H,12-15,18H2,1-5H3. The molecule has 1 aromatic heterocycles. The van der Waals surface area contributed by atoms with Gasteiger partial charge in [-0.05, 0) is 48.0 Å². The molecule has 1 fully saturated rings. The molecule has 0 N–H and O–H groups in total. The van der Waals surface area contributed by atoms with E-state index >= 15 is 0 Å². The Bertz CT molecular complexity index is 735. The predicted molar refractivity (Wildman–Crippen MR) is 117 cm³/mol. The molecule has 0 aliphatic carbocycles. The van der Waals surface area contributed by atoms with Gasteiger partial charge in [-0.3, -0.25) is 4.98 Å². The van der Waals surface area contributed by atoms with E-state index in [2.05, 4.69) is 79.0 Å². The zero-order chi connectivity index (χ0) is 19.5. The third kappa shape index (κ3) is 4.90. The molecule has 1 aliphatic heterocycles. The van der Waals surface area contributed by atoms with Crippen molar-refractivity contribution in [3.8, 4) is 0 Å². The van der Waals surface area contributed by atoms with Gasteiger partial charge in [-0.1, -0.05) is 32.9 Å². The lowest BCUT2D eigenvalue weighted by molar-refractivity contribution is 0.276. The van der Waals surface area contributed by atoms with Crippen molar-refractivity contribution in [2.45, 2.75) is 45.5 Å². The first-order chi connectivity index (χ1) is 12.8. The first-order valence-corrected chi connectivity index (χ1v) is 12.8. The molecule has 0 spiro atoms. The van der Waals surface area contributed by atoms with E-state index in [-0.39, 0.29) is 5.04 Å². The van der Waals surface area contributed by atoms with E-state index in [0.29, 0.717) is 6.61 Å². The lowest BCUT2D eigenvalue weighted by atomic mass is 10.1. The quantitative estimate of drug-likeness (QED) is 0.685. The molecule has 1 aromatic carbocycles. The SMILES string of the molecule is CC(C)(C)[Si](C)(C)OCc1cccc(N2CCN(c3cccnc3)CC2)c1. The minimum atomic E-state index is -1.72. The van der Waals surface area contributed by atoms with Crippen LogP contribution in [-0.2, 0) is 11.0 Å². The fraction of sp³-hybridized carbons (Fsp3) is 0.500. The third-order valence-electron chi connectivity index (χ3n) is 5.97. The van der Waals surface area contributed by atoms with Gasteiger partial charge in [-0.25, -0.2) is 0 Å². The molecule has 0 unspecified atom stereocenters. The van der Waals surface area contributed by atoms with Crippen molar-refractivity contribution in [1.29, 1.82) is 0 Å². The predicted octanol–water partition coefficient (Wildman–Crippen LogP) is 4.93. The molecule has 2 heterocycles. The van der Waals surface area contributed by atoms with E-state index in [1.54, 1.807) is 0 Å². The largest absolute Gasteiger partial charge is 0.413 e. The molecule has 0 atom stereocenters. The van der Waals surface area contributed by atoms with Crippen molar-refractivity contribution in [3.63, 3.8) is 0 Å². The summed E-state index contributed by atoms with van der Waals surface area (Å²) in [6.07, 6.45) is 3.78. The Balaban J connectivity index is 1.60. The van der Waals surface area contributed by atoms with Crippen molar-refractivity contribution in [1.82, 2.24) is 4.98 Å². The van der Waals surface area contributed by atoms with Crippen LogP contribution >= 0.6 is 0 Å². The maximum absolute atomic E-state index is 6.40. The van der Waals surface area contributed by atoms with Crippen LogP contribution in [0.2, 0.25) is 18.1 Å². The van der Waals surface area contributed by atoms with Crippen molar-refractivity contribution in [2.24, 2.45) is 0 Å². The number of anilines is 2. The second-order valence-electron chi connectivity index (χ2n) is 8.90. The molecule has 146 valence electrons. The monoisotopic (exact) mass is 383 g/mol. The van der Waals surface area contributed by atoms with Gasteiger partial charge >= 0.3 is 0 Å². The van der Waals surface area contributed by atoms with Gasteiger partial charge in [0, 0.05) is 38.1 Å². The van der Waals surface area contributed by atoms with Crippen LogP contribution in [0.25, 0.3) is 0 Å². The van der Waals surface area contributed by atoms with Crippen molar-refractivity contribution in [2.75, 3.05) is 36.0 Å². The molecule has 2 aromatic rings. The van der Waals surface area contributed by atoms with Crippen molar-refractivity contribution < 1.29 is 4.43 Å². The van der Waals surface area contributed by atoms with Gasteiger partial charge in [0.1, 0.15) is 0 Å². The van der Waals surface area contributed by atoms with Gasteiger partial charge in [0.2, 0.25) is 0 Å². The molecule has 4 nitrogen and oxygen atoms in total. The summed E-state index contributed by atoms with van der Waals surface area (Å²) in [5.74, 6) is 0. The highest BCUT2D eigenvalue weighted by Gasteiger charge is 2.37. The lowest BCUT2D eigenvalue weighted by Gasteiger charge is -2.37. The number of hydrogen-bond donors (Lipinski definition) is 0. The van der Waals surface area contributed by atoms with Crippen LogP contribution in [0.4, 0.5) is 11.4 Å². The second-order valence-corrected chi connectivity index (χ2v) is 13.7.